The number of aromatic nitrogens is 2. The third kappa shape index (κ3) is 4.27. The van der Waals surface area contributed by atoms with Crippen molar-refractivity contribution in [3.8, 4) is 11.5 Å². The topological polar surface area (TPSA) is 82.8 Å². The Morgan fingerprint density at radius 1 is 1.00 bits per heavy atom. The van der Waals surface area contributed by atoms with Gasteiger partial charge in [-0.05, 0) is 61.9 Å². The molecule has 0 amide bonds. The molecule has 1 aromatic heterocycles. The van der Waals surface area contributed by atoms with Gasteiger partial charge in [0.2, 0.25) is 0 Å². The van der Waals surface area contributed by atoms with E-state index in [1.807, 2.05) is 25.1 Å². The molecular formula is C25H21N3O4. The Hall–Kier alpha value is -4.26. The van der Waals surface area contributed by atoms with E-state index in [2.05, 4.69) is 10.1 Å². The number of carbonyl (C=O) groups is 1. The fraction of sp³-hybridized carbons (Fsp3) is 0.120. The number of rotatable bonds is 5. The molecule has 0 aliphatic rings. The smallest absolute Gasteiger partial charge is 0.343 e. The highest BCUT2D eigenvalue weighted by Gasteiger charge is 2.13. The summed E-state index contributed by atoms with van der Waals surface area (Å²) < 4.78 is 12.1. The Morgan fingerprint density at radius 2 is 1.75 bits per heavy atom. The molecule has 0 N–H and O–H groups in total. The zero-order valence-electron chi connectivity index (χ0n) is 17.9. The first-order valence-electron chi connectivity index (χ1n) is 9.96. The van der Waals surface area contributed by atoms with Crippen molar-refractivity contribution in [1.29, 1.82) is 0 Å². The highest BCUT2D eigenvalue weighted by Crippen LogP contribution is 2.28. The lowest BCUT2D eigenvalue weighted by Gasteiger charge is -2.10. The average molecular weight is 427 g/mol. The van der Waals surface area contributed by atoms with Gasteiger partial charge in [0.05, 0.1) is 29.8 Å². The lowest BCUT2D eigenvalue weighted by molar-refractivity contribution is 0.0729. The molecule has 0 fully saturated rings. The summed E-state index contributed by atoms with van der Waals surface area (Å²) in [5.74, 6) is 0.653. The first kappa shape index (κ1) is 21.0. The summed E-state index contributed by atoms with van der Waals surface area (Å²) >= 11 is 0. The van der Waals surface area contributed by atoms with Crippen LogP contribution in [0.1, 0.15) is 27.3 Å². The molecule has 0 aliphatic heterocycles. The van der Waals surface area contributed by atoms with E-state index in [1.54, 1.807) is 55.5 Å². The Morgan fingerprint density at radius 3 is 2.50 bits per heavy atom. The molecule has 32 heavy (non-hydrogen) atoms. The van der Waals surface area contributed by atoms with Crippen LogP contribution in [0.25, 0.3) is 10.9 Å². The van der Waals surface area contributed by atoms with Crippen LogP contribution in [-0.2, 0) is 0 Å². The van der Waals surface area contributed by atoms with Crippen LogP contribution in [0.3, 0.4) is 0 Å². The minimum Gasteiger partial charge on any atom is -0.493 e. The third-order valence-electron chi connectivity index (χ3n) is 4.92. The van der Waals surface area contributed by atoms with Crippen molar-refractivity contribution >= 4 is 23.1 Å². The molecule has 0 unspecified atom stereocenters. The van der Waals surface area contributed by atoms with Gasteiger partial charge in [-0.2, -0.15) is 9.78 Å². The molecule has 0 spiro atoms. The van der Waals surface area contributed by atoms with Gasteiger partial charge in [-0.25, -0.2) is 9.78 Å². The molecular weight excluding hydrogens is 406 g/mol. The predicted octanol–water partition coefficient (Wildman–Crippen LogP) is 4.12. The SMILES string of the molecule is COc1cc(C=Nn2c(C)nc3ccccc3c2=O)ccc1OC(=O)c1ccc(C)cc1. The Labute approximate surface area is 184 Å². The number of hydrogen-bond donors (Lipinski definition) is 0. The van der Waals surface area contributed by atoms with Crippen LogP contribution in [0.15, 0.2) is 76.6 Å². The molecule has 0 aliphatic carbocycles. The zero-order valence-corrected chi connectivity index (χ0v) is 17.9. The number of benzene rings is 3. The molecule has 4 aromatic rings. The highest BCUT2D eigenvalue weighted by molar-refractivity contribution is 5.91. The standard InChI is InChI=1S/C25H21N3O4/c1-16-8-11-19(12-9-16)25(30)32-22-13-10-18(14-23(22)31-3)15-26-28-17(2)27-21-7-5-4-6-20(21)24(28)29/h4-15H,1-3H3. The van der Waals surface area contributed by atoms with E-state index >= 15 is 0 Å². The Kier molecular flexibility index (Phi) is 5.81. The first-order valence-corrected chi connectivity index (χ1v) is 9.96. The number of para-hydroxylation sites is 1. The summed E-state index contributed by atoms with van der Waals surface area (Å²) in [5.41, 5.74) is 2.54. The summed E-state index contributed by atoms with van der Waals surface area (Å²) in [6.07, 6.45) is 1.53. The molecule has 4 rings (SSSR count). The number of fused-ring (bicyclic) bond motifs is 1. The summed E-state index contributed by atoms with van der Waals surface area (Å²) in [5, 5.41) is 4.79. The molecule has 0 saturated carbocycles. The van der Waals surface area contributed by atoms with Crippen molar-refractivity contribution in [1.82, 2.24) is 9.66 Å². The predicted molar refractivity (Wildman–Crippen MR) is 123 cm³/mol. The number of methoxy groups -OCH3 is 1. The van der Waals surface area contributed by atoms with Gasteiger partial charge in [-0.15, -0.1) is 0 Å². The monoisotopic (exact) mass is 427 g/mol. The van der Waals surface area contributed by atoms with Crippen molar-refractivity contribution in [2.45, 2.75) is 13.8 Å². The number of aryl methyl sites for hydroxylation is 2. The molecule has 7 nitrogen and oxygen atoms in total. The van der Waals surface area contributed by atoms with Crippen molar-refractivity contribution in [3.63, 3.8) is 0 Å². The van der Waals surface area contributed by atoms with Crippen molar-refractivity contribution in [3.05, 3.63) is 99.6 Å². The quantitative estimate of drug-likeness (QED) is 0.272. The van der Waals surface area contributed by atoms with E-state index < -0.39 is 5.97 Å². The van der Waals surface area contributed by atoms with Crippen LogP contribution >= 0.6 is 0 Å². The lowest BCUT2D eigenvalue weighted by atomic mass is 10.1. The minimum absolute atomic E-state index is 0.250. The van der Waals surface area contributed by atoms with Gasteiger partial charge in [0.25, 0.3) is 5.56 Å². The molecule has 0 bridgehead atoms. The van der Waals surface area contributed by atoms with E-state index in [0.29, 0.717) is 33.6 Å². The van der Waals surface area contributed by atoms with Gasteiger partial charge in [0.15, 0.2) is 11.5 Å². The van der Waals surface area contributed by atoms with Crippen molar-refractivity contribution in [2.75, 3.05) is 7.11 Å². The molecule has 0 radical (unpaired) electrons. The van der Waals surface area contributed by atoms with E-state index in [4.69, 9.17) is 9.47 Å². The molecule has 0 atom stereocenters. The van der Waals surface area contributed by atoms with Crippen molar-refractivity contribution < 1.29 is 14.3 Å². The summed E-state index contributed by atoms with van der Waals surface area (Å²) in [6.45, 7) is 3.67. The first-order chi connectivity index (χ1) is 15.5. The van der Waals surface area contributed by atoms with Gasteiger partial charge in [0.1, 0.15) is 5.82 Å². The summed E-state index contributed by atoms with van der Waals surface area (Å²) in [6, 6.07) is 19.3. The molecule has 160 valence electrons. The second-order valence-electron chi connectivity index (χ2n) is 7.20. The highest BCUT2D eigenvalue weighted by atomic mass is 16.6. The van der Waals surface area contributed by atoms with E-state index in [0.717, 1.165) is 5.56 Å². The van der Waals surface area contributed by atoms with Gasteiger partial charge in [-0.3, -0.25) is 4.79 Å². The van der Waals surface area contributed by atoms with Crippen LogP contribution in [0.5, 0.6) is 11.5 Å². The molecule has 3 aromatic carbocycles. The minimum atomic E-state index is -0.478. The normalized spacial score (nSPS) is 11.1. The molecule has 1 heterocycles. The van der Waals surface area contributed by atoms with E-state index in [9.17, 15) is 9.59 Å². The maximum atomic E-state index is 12.8. The molecule has 0 saturated heterocycles. The summed E-state index contributed by atoms with van der Waals surface area (Å²) in [7, 11) is 1.49. The van der Waals surface area contributed by atoms with Crippen LogP contribution in [-0.4, -0.2) is 29.0 Å². The molecule has 7 heteroatoms. The van der Waals surface area contributed by atoms with Gasteiger partial charge >= 0.3 is 5.97 Å². The number of carbonyl (C=O) groups excluding carboxylic acids is 1. The van der Waals surface area contributed by atoms with Crippen LogP contribution in [0.2, 0.25) is 0 Å². The number of hydrogen-bond acceptors (Lipinski definition) is 6. The largest absolute Gasteiger partial charge is 0.493 e. The maximum Gasteiger partial charge on any atom is 0.343 e. The van der Waals surface area contributed by atoms with Crippen LogP contribution < -0.4 is 15.0 Å². The fourth-order valence-corrected chi connectivity index (χ4v) is 3.19. The second-order valence-corrected chi connectivity index (χ2v) is 7.20. The zero-order chi connectivity index (χ0) is 22.7. The Bertz CT molecular complexity index is 1390. The van der Waals surface area contributed by atoms with Crippen molar-refractivity contribution in [2.24, 2.45) is 5.10 Å². The van der Waals surface area contributed by atoms with Gasteiger partial charge in [0, 0.05) is 0 Å². The maximum absolute atomic E-state index is 12.8. The lowest BCUT2D eigenvalue weighted by Crippen LogP contribution is -2.20. The number of ether oxygens (including phenoxy) is 2. The van der Waals surface area contributed by atoms with E-state index in [-0.39, 0.29) is 11.3 Å². The fourth-order valence-electron chi connectivity index (χ4n) is 3.19. The van der Waals surface area contributed by atoms with Gasteiger partial charge < -0.3 is 9.47 Å². The number of esters is 1. The third-order valence-corrected chi connectivity index (χ3v) is 4.92. The van der Waals surface area contributed by atoms with Gasteiger partial charge in [-0.1, -0.05) is 29.8 Å². The van der Waals surface area contributed by atoms with Crippen LogP contribution in [0.4, 0.5) is 0 Å². The summed E-state index contributed by atoms with van der Waals surface area (Å²) in [4.78, 5) is 29.6. The second kappa shape index (κ2) is 8.85. The van der Waals surface area contributed by atoms with E-state index in [1.165, 1.54) is 18.0 Å². The number of nitrogens with zero attached hydrogens (tertiary/aromatic N) is 3. The average Bonchev–Trinajstić information content (AvgIpc) is 2.80. The van der Waals surface area contributed by atoms with Crippen LogP contribution in [0, 0.1) is 13.8 Å². The Balaban J connectivity index is 1.60.